The van der Waals surface area contributed by atoms with Crippen molar-refractivity contribution in [2.75, 3.05) is 12.4 Å². The number of aliphatic hydroxyl groups excluding tert-OH is 1. The molecule has 1 aromatic rings. The molecule has 2 nitrogen and oxygen atoms in total. The highest BCUT2D eigenvalue weighted by atomic mass is 32.2. The Kier molecular flexibility index (Phi) is 4.90. The highest BCUT2D eigenvalue weighted by Gasteiger charge is 1.94. The van der Waals surface area contributed by atoms with Crippen LogP contribution in [0.2, 0.25) is 0 Å². The smallest absolute Gasteiger partial charge is 0.0439 e. The zero-order chi connectivity index (χ0) is 9.52. The predicted octanol–water partition coefficient (Wildman–Crippen LogP) is 1.62. The van der Waals surface area contributed by atoms with Crippen LogP contribution in [0.4, 0.5) is 0 Å². The maximum Gasteiger partial charge on any atom is 0.0439 e. The van der Waals surface area contributed by atoms with Crippen molar-refractivity contribution < 1.29 is 5.11 Å². The lowest BCUT2D eigenvalue weighted by Crippen LogP contribution is -1.95. The van der Waals surface area contributed by atoms with Gasteiger partial charge in [-0.2, -0.15) is 0 Å². The molecule has 0 spiro atoms. The third kappa shape index (κ3) is 3.81. The summed E-state index contributed by atoms with van der Waals surface area (Å²) in [5, 5.41) is 8.61. The quantitative estimate of drug-likeness (QED) is 0.557. The van der Waals surface area contributed by atoms with Crippen LogP contribution in [-0.4, -0.2) is 17.5 Å². The van der Waals surface area contributed by atoms with Gasteiger partial charge in [0.1, 0.15) is 0 Å². The number of hydrogen-bond acceptors (Lipinski definition) is 3. The minimum absolute atomic E-state index is 0.267. The molecule has 0 aliphatic rings. The predicted molar refractivity (Wildman–Crippen MR) is 56.8 cm³/mol. The first kappa shape index (κ1) is 10.6. The van der Waals surface area contributed by atoms with Gasteiger partial charge in [0.15, 0.2) is 0 Å². The fraction of sp³-hybridized carbons (Fsp3) is 0.400. The fourth-order valence-electron chi connectivity index (χ4n) is 1.02. The molecule has 1 aromatic carbocycles. The molecular formula is C10H15NOS. The van der Waals surface area contributed by atoms with Gasteiger partial charge >= 0.3 is 0 Å². The number of aliphatic hydroxyl groups is 1. The summed E-state index contributed by atoms with van der Waals surface area (Å²) in [6.45, 7) is 0.859. The third-order valence-electron chi connectivity index (χ3n) is 1.71. The van der Waals surface area contributed by atoms with Crippen LogP contribution >= 0.6 is 11.8 Å². The van der Waals surface area contributed by atoms with Crippen LogP contribution in [0, 0.1) is 0 Å². The maximum atomic E-state index is 8.61. The van der Waals surface area contributed by atoms with E-state index in [9.17, 15) is 0 Å². The van der Waals surface area contributed by atoms with Gasteiger partial charge in [0.25, 0.3) is 0 Å². The minimum Gasteiger partial charge on any atom is -0.396 e. The van der Waals surface area contributed by atoms with Gasteiger partial charge in [-0.05, 0) is 24.1 Å². The number of benzene rings is 1. The highest BCUT2D eigenvalue weighted by Crippen LogP contribution is 2.19. The summed E-state index contributed by atoms with van der Waals surface area (Å²) in [6, 6.07) is 8.21. The molecule has 0 aliphatic heterocycles. The van der Waals surface area contributed by atoms with Gasteiger partial charge in [0.05, 0.1) is 0 Å². The molecule has 0 heterocycles. The third-order valence-corrected chi connectivity index (χ3v) is 2.79. The SMILES string of the molecule is NCc1cccc(SCCCO)c1. The van der Waals surface area contributed by atoms with E-state index in [-0.39, 0.29) is 6.61 Å². The van der Waals surface area contributed by atoms with Gasteiger partial charge in [-0.15, -0.1) is 11.8 Å². The summed E-state index contributed by atoms with van der Waals surface area (Å²) < 4.78 is 0. The lowest BCUT2D eigenvalue weighted by molar-refractivity contribution is 0.296. The number of thioether (sulfide) groups is 1. The molecule has 0 atom stereocenters. The van der Waals surface area contributed by atoms with Gasteiger partial charge in [-0.1, -0.05) is 12.1 Å². The Labute approximate surface area is 83.1 Å². The molecule has 0 bridgehead atoms. The van der Waals surface area contributed by atoms with Crippen molar-refractivity contribution >= 4 is 11.8 Å². The first-order valence-electron chi connectivity index (χ1n) is 4.39. The molecule has 1 rings (SSSR count). The molecular weight excluding hydrogens is 182 g/mol. The molecule has 13 heavy (non-hydrogen) atoms. The van der Waals surface area contributed by atoms with Crippen molar-refractivity contribution in [1.82, 2.24) is 0 Å². The summed E-state index contributed by atoms with van der Waals surface area (Å²) in [6.07, 6.45) is 0.845. The van der Waals surface area contributed by atoms with Crippen LogP contribution in [-0.2, 0) is 6.54 Å². The summed E-state index contributed by atoms with van der Waals surface area (Å²) in [7, 11) is 0. The van der Waals surface area contributed by atoms with Gasteiger partial charge in [-0.3, -0.25) is 0 Å². The summed E-state index contributed by atoms with van der Waals surface area (Å²) in [4.78, 5) is 1.23. The normalized spacial score (nSPS) is 10.3. The van der Waals surface area contributed by atoms with E-state index in [1.54, 1.807) is 11.8 Å². The van der Waals surface area contributed by atoms with Crippen molar-refractivity contribution in [3.05, 3.63) is 29.8 Å². The summed E-state index contributed by atoms with van der Waals surface area (Å²) in [5.74, 6) is 0.963. The lowest BCUT2D eigenvalue weighted by Gasteiger charge is -2.02. The first-order valence-corrected chi connectivity index (χ1v) is 5.38. The number of hydrogen-bond donors (Lipinski definition) is 2. The van der Waals surface area contributed by atoms with E-state index in [2.05, 4.69) is 12.1 Å². The van der Waals surface area contributed by atoms with Crippen molar-refractivity contribution in [3.63, 3.8) is 0 Å². The molecule has 3 N–H and O–H groups in total. The second-order valence-electron chi connectivity index (χ2n) is 2.78. The molecule has 0 aromatic heterocycles. The summed E-state index contributed by atoms with van der Waals surface area (Å²) >= 11 is 1.76. The molecule has 0 saturated heterocycles. The molecule has 0 fully saturated rings. The minimum atomic E-state index is 0.267. The van der Waals surface area contributed by atoms with Gasteiger partial charge in [-0.25, -0.2) is 0 Å². The number of nitrogens with two attached hydrogens (primary N) is 1. The average Bonchev–Trinajstić information content (AvgIpc) is 2.19. The van der Waals surface area contributed by atoms with Crippen LogP contribution < -0.4 is 5.73 Å². The monoisotopic (exact) mass is 197 g/mol. The van der Waals surface area contributed by atoms with E-state index in [1.165, 1.54) is 4.90 Å². The zero-order valence-electron chi connectivity index (χ0n) is 7.57. The fourth-order valence-corrected chi connectivity index (χ4v) is 1.94. The van der Waals surface area contributed by atoms with E-state index in [4.69, 9.17) is 10.8 Å². The Morgan fingerprint density at radius 1 is 1.38 bits per heavy atom. The number of rotatable bonds is 5. The van der Waals surface area contributed by atoms with Crippen molar-refractivity contribution in [1.29, 1.82) is 0 Å². The van der Waals surface area contributed by atoms with E-state index < -0.39 is 0 Å². The van der Waals surface area contributed by atoms with Crippen molar-refractivity contribution in [3.8, 4) is 0 Å². The molecule has 0 saturated carbocycles. The molecule has 0 radical (unpaired) electrons. The van der Waals surface area contributed by atoms with Crippen LogP contribution in [0.15, 0.2) is 29.2 Å². The Balaban J connectivity index is 2.46. The van der Waals surface area contributed by atoms with Crippen LogP contribution in [0.1, 0.15) is 12.0 Å². The lowest BCUT2D eigenvalue weighted by atomic mass is 10.2. The van der Waals surface area contributed by atoms with Crippen molar-refractivity contribution in [2.45, 2.75) is 17.9 Å². The maximum absolute atomic E-state index is 8.61. The van der Waals surface area contributed by atoms with Crippen LogP contribution in [0.5, 0.6) is 0 Å². The molecule has 72 valence electrons. The van der Waals surface area contributed by atoms with E-state index in [0.717, 1.165) is 17.7 Å². The van der Waals surface area contributed by atoms with E-state index in [1.807, 2.05) is 12.1 Å². The summed E-state index contributed by atoms with van der Waals surface area (Å²) in [5.41, 5.74) is 6.69. The molecule has 0 amide bonds. The topological polar surface area (TPSA) is 46.2 Å². The Hall–Kier alpha value is -0.510. The largest absolute Gasteiger partial charge is 0.396 e. The molecule has 0 aliphatic carbocycles. The molecule has 0 unspecified atom stereocenters. The van der Waals surface area contributed by atoms with Crippen LogP contribution in [0.25, 0.3) is 0 Å². The standard InChI is InChI=1S/C10H15NOS/c11-8-9-3-1-4-10(7-9)13-6-2-5-12/h1,3-4,7,12H,2,5-6,8,11H2. The van der Waals surface area contributed by atoms with E-state index >= 15 is 0 Å². The van der Waals surface area contributed by atoms with Gasteiger partial charge in [0.2, 0.25) is 0 Å². The zero-order valence-corrected chi connectivity index (χ0v) is 8.39. The van der Waals surface area contributed by atoms with Crippen LogP contribution in [0.3, 0.4) is 0 Å². The second-order valence-corrected chi connectivity index (χ2v) is 3.95. The Morgan fingerprint density at radius 3 is 2.92 bits per heavy atom. The average molecular weight is 197 g/mol. The van der Waals surface area contributed by atoms with Crippen molar-refractivity contribution in [2.24, 2.45) is 5.73 Å². The van der Waals surface area contributed by atoms with Gasteiger partial charge in [0, 0.05) is 23.8 Å². The Morgan fingerprint density at radius 2 is 2.23 bits per heavy atom. The first-order chi connectivity index (χ1) is 6.36. The molecule has 3 heteroatoms. The van der Waals surface area contributed by atoms with Gasteiger partial charge < -0.3 is 10.8 Å². The highest BCUT2D eigenvalue weighted by molar-refractivity contribution is 7.99. The second kappa shape index (κ2) is 6.02. The Bertz CT molecular complexity index is 252. The van der Waals surface area contributed by atoms with E-state index in [0.29, 0.717) is 6.54 Å².